The summed E-state index contributed by atoms with van der Waals surface area (Å²) in [4.78, 5) is 39.2. The van der Waals surface area contributed by atoms with Crippen molar-refractivity contribution in [2.24, 2.45) is 5.73 Å². The van der Waals surface area contributed by atoms with Gasteiger partial charge in [-0.25, -0.2) is 4.79 Å². The van der Waals surface area contributed by atoms with Gasteiger partial charge in [0.2, 0.25) is 5.91 Å². The van der Waals surface area contributed by atoms with Gasteiger partial charge in [0, 0.05) is 18.7 Å². The second-order valence-corrected chi connectivity index (χ2v) is 9.48. The van der Waals surface area contributed by atoms with Gasteiger partial charge in [-0.15, -0.1) is 0 Å². The number of nitrogens with zero attached hydrogens (tertiary/aromatic N) is 1. The van der Waals surface area contributed by atoms with E-state index in [4.69, 9.17) is 5.73 Å². The number of carboxylic acids is 1. The van der Waals surface area contributed by atoms with E-state index in [1.165, 1.54) is 4.90 Å². The summed E-state index contributed by atoms with van der Waals surface area (Å²) in [5, 5.41) is 26.8. The smallest absolute Gasteiger partial charge is 0.326 e. The maximum atomic E-state index is 13.3. The molecule has 0 saturated carbocycles. The van der Waals surface area contributed by atoms with Gasteiger partial charge in [-0.2, -0.15) is 0 Å². The highest BCUT2D eigenvalue weighted by atomic mass is 16.4. The van der Waals surface area contributed by atoms with Crippen LogP contribution in [0.2, 0.25) is 0 Å². The van der Waals surface area contributed by atoms with Gasteiger partial charge in [-0.3, -0.25) is 9.59 Å². The van der Waals surface area contributed by atoms with Crippen molar-refractivity contribution in [3.8, 4) is 0 Å². The molecular weight excluding hydrogens is 472 g/mol. The fraction of sp³-hybridized carbons (Fsp3) is 0.464. The topological polar surface area (TPSA) is 145 Å². The first kappa shape index (κ1) is 28.3. The number of hydrogen-bond acceptors (Lipinski definition) is 6. The number of aliphatic carboxylic acids is 1. The molecule has 2 aromatic carbocycles. The summed E-state index contributed by atoms with van der Waals surface area (Å²) in [5.74, 6) is -1.57. The molecule has 1 heterocycles. The first-order valence-corrected chi connectivity index (χ1v) is 12.9. The number of likely N-dealkylation sites (tertiary alicyclic amines) is 1. The molecule has 9 nitrogen and oxygen atoms in total. The summed E-state index contributed by atoms with van der Waals surface area (Å²) >= 11 is 0. The minimum atomic E-state index is -1.00. The standard InChI is InChI=1S/C28H38N4O5/c29-16-8-7-14-22(27(35)32-17-9-15-24(32)28(36)37)30-19-25(33)23(18-20-10-3-1-4-11-20)31-26(34)21-12-5-2-6-13-21/h1-6,10-13,22-25,30,33H,7-9,14-19,29H2,(H,31,34)(H,36,37)/t22-,23?,24-,25?/m0/s1. The first-order chi connectivity index (χ1) is 17.9. The predicted octanol–water partition coefficient (Wildman–Crippen LogP) is 1.55. The zero-order chi connectivity index (χ0) is 26.6. The van der Waals surface area contributed by atoms with Crippen LogP contribution in [0.5, 0.6) is 0 Å². The van der Waals surface area contributed by atoms with Crippen LogP contribution in [0.3, 0.4) is 0 Å². The molecule has 0 bridgehead atoms. The Bertz CT molecular complexity index is 1000. The zero-order valence-electron chi connectivity index (χ0n) is 21.1. The SMILES string of the molecule is NCCCC[C@H](NCC(O)C(Cc1ccccc1)NC(=O)c1ccccc1)C(=O)N1CCC[C@H]1C(=O)O. The highest BCUT2D eigenvalue weighted by molar-refractivity contribution is 5.94. The molecule has 200 valence electrons. The second-order valence-electron chi connectivity index (χ2n) is 9.48. The Balaban J connectivity index is 1.71. The lowest BCUT2D eigenvalue weighted by Crippen LogP contribution is -2.54. The predicted molar refractivity (Wildman–Crippen MR) is 141 cm³/mol. The maximum absolute atomic E-state index is 13.3. The van der Waals surface area contributed by atoms with Crippen molar-refractivity contribution in [2.75, 3.05) is 19.6 Å². The summed E-state index contributed by atoms with van der Waals surface area (Å²) in [7, 11) is 0. The minimum Gasteiger partial charge on any atom is -0.480 e. The lowest BCUT2D eigenvalue weighted by Gasteiger charge is -2.30. The Morgan fingerprint density at radius 3 is 2.35 bits per heavy atom. The van der Waals surface area contributed by atoms with Crippen LogP contribution < -0.4 is 16.4 Å². The van der Waals surface area contributed by atoms with Crippen molar-refractivity contribution >= 4 is 17.8 Å². The molecule has 2 unspecified atom stereocenters. The van der Waals surface area contributed by atoms with Crippen molar-refractivity contribution in [3.05, 3.63) is 71.8 Å². The summed E-state index contributed by atoms with van der Waals surface area (Å²) in [6.45, 7) is 0.948. The molecule has 1 saturated heterocycles. The van der Waals surface area contributed by atoms with Crippen LogP contribution in [0.25, 0.3) is 0 Å². The van der Waals surface area contributed by atoms with Crippen LogP contribution in [0.15, 0.2) is 60.7 Å². The van der Waals surface area contributed by atoms with Gasteiger partial charge < -0.3 is 31.5 Å². The van der Waals surface area contributed by atoms with Gasteiger partial charge in [-0.05, 0) is 56.3 Å². The molecule has 3 rings (SSSR count). The van der Waals surface area contributed by atoms with Crippen molar-refractivity contribution in [1.82, 2.24) is 15.5 Å². The maximum Gasteiger partial charge on any atom is 0.326 e. The lowest BCUT2D eigenvalue weighted by molar-refractivity contribution is -0.149. The zero-order valence-corrected chi connectivity index (χ0v) is 21.1. The number of benzene rings is 2. The van der Waals surface area contributed by atoms with E-state index in [1.54, 1.807) is 24.3 Å². The van der Waals surface area contributed by atoms with Crippen molar-refractivity contribution in [1.29, 1.82) is 0 Å². The Morgan fingerprint density at radius 2 is 1.70 bits per heavy atom. The molecule has 0 radical (unpaired) electrons. The molecule has 1 fully saturated rings. The quantitative estimate of drug-likeness (QED) is 0.243. The summed E-state index contributed by atoms with van der Waals surface area (Å²) in [6.07, 6.45) is 2.40. The third-order valence-corrected chi connectivity index (χ3v) is 6.75. The Labute approximate surface area is 218 Å². The van der Waals surface area contributed by atoms with Crippen LogP contribution in [-0.2, 0) is 16.0 Å². The van der Waals surface area contributed by atoms with Crippen LogP contribution in [0, 0.1) is 0 Å². The van der Waals surface area contributed by atoms with Crippen LogP contribution in [0.4, 0.5) is 0 Å². The number of nitrogens with one attached hydrogen (secondary N) is 2. The molecule has 2 amide bonds. The van der Waals surface area contributed by atoms with Gasteiger partial charge in [-0.1, -0.05) is 55.0 Å². The number of nitrogens with two attached hydrogens (primary N) is 1. The monoisotopic (exact) mass is 510 g/mol. The lowest BCUT2D eigenvalue weighted by atomic mass is 9.99. The molecule has 1 aliphatic heterocycles. The fourth-order valence-corrected chi connectivity index (χ4v) is 4.69. The number of amides is 2. The van der Waals surface area contributed by atoms with E-state index in [0.717, 1.165) is 12.0 Å². The van der Waals surface area contributed by atoms with E-state index < -0.39 is 30.2 Å². The average Bonchev–Trinajstić information content (AvgIpc) is 3.41. The highest BCUT2D eigenvalue weighted by Crippen LogP contribution is 2.20. The molecule has 1 aliphatic rings. The first-order valence-electron chi connectivity index (χ1n) is 12.9. The van der Waals surface area contributed by atoms with Crippen molar-refractivity contribution in [2.45, 2.75) is 62.8 Å². The summed E-state index contributed by atoms with van der Waals surface area (Å²) in [6, 6.07) is 16.3. The van der Waals surface area contributed by atoms with Crippen molar-refractivity contribution in [3.63, 3.8) is 0 Å². The molecule has 2 aromatic rings. The van der Waals surface area contributed by atoms with Gasteiger partial charge >= 0.3 is 5.97 Å². The number of rotatable bonds is 14. The molecular formula is C28H38N4O5. The van der Waals surface area contributed by atoms with Crippen LogP contribution in [0.1, 0.15) is 48.0 Å². The molecule has 4 atom stereocenters. The molecule has 0 aliphatic carbocycles. The van der Waals surface area contributed by atoms with E-state index in [-0.39, 0.29) is 18.4 Å². The van der Waals surface area contributed by atoms with E-state index in [2.05, 4.69) is 10.6 Å². The average molecular weight is 511 g/mol. The molecule has 0 spiro atoms. The van der Waals surface area contributed by atoms with Gasteiger partial charge in [0.25, 0.3) is 5.91 Å². The Kier molecular flexibility index (Phi) is 11.1. The molecule has 9 heteroatoms. The van der Waals surface area contributed by atoms with Gasteiger partial charge in [0.1, 0.15) is 6.04 Å². The molecule has 0 aromatic heterocycles. The largest absolute Gasteiger partial charge is 0.480 e. The Morgan fingerprint density at radius 1 is 1.03 bits per heavy atom. The van der Waals surface area contributed by atoms with E-state index in [0.29, 0.717) is 50.8 Å². The number of carbonyl (C=O) groups excluding carboxylic acids is 2. The second kappa shape index (κ2) is 14.5. The number of aliphatic hydroxyl groups excluding tert-OH is 1. The highest BCUT2D eigenvalue weighted by Gasteiger charge is 2.37. The number of unbranched alkanes of at least 4 members (excludes halogenated alkanes) is 1. The third-order valence-electron chi connectivity index (χ3n) is 6.75. The van der Waals surface area contributed by atoms with E-state index >= 15 is 0 Å². The molecule has 37 heavy (non-hydrogen) atoms. The summed E-state index contributed by atoms with van der Waals surface area (Å²) < 4.78 is 0. The van der Waals surface area contributed by atoms with Crippen LogP contribution in [-0.4, -0.2) is 76.8 Å². The normalized spacial score (nSPS) is 17.7. The number of hydrogen-bond donors (Lipinski definition) is 5. The van der Waals surface area contributed by atoms with E-state index in [1.807, 2.05) is 36.4 Å². The van der Waals surface area contributed by atoms with E-state index in [9.17, 15) is 24.6 Å². The number of carboxylic acid groups (broad SMARTS) is 1. The van der Waals surface area contributed by atoms with Gasteiger partial charge in [0.15, 0.2) is 0 Å². The van der Waals surface area contributed by atoms with Gasteiger partial charge in [0.05, 0.1) is 18.2 Å². The Hall–Kier alpha value is -3.27. The number of carbonyl (C=O) groups is 3. The summed E-state index contributed by atoms with van der Waals surface area (Å²) in [5.41, 5.74) is 7.08. The number of aliphatic hydroxyl groups is 1. The molecule has 6 N–H and O–H groups in total. The fourth-order valence-electron chi connectivity index (χ4n) is 4.69. The van der Waals surface area contributed by atoms with Crippen LogP contribution >= 0.6 is 0 Å². The van der Waals surface area contributed by atoms with Crippen molar-refractivity contribution < 1.29 is 24.6 Å². The third kappa shape index (κ3) is 8.38. The minimum absolute atomic E-state index is 0.0528.